The number of azide groups is 1. The van der Waals surface area contributed by atoms with Crippen molar-refractivity contribution in [3.8, 4) is 0 Å². The van der Waals surface area contributed by atoms with Crippen LogP contribution in [0.3, 0.4) is 0 Å². The Balaban J connectivity index is 1.55. The summed E-state index contributed by atoms with van der Waals surface area (Å²) in [6.45, 7) is 1.81. The molecule has 1 saturated carbocycles. The zero-order chi connectivity index (χ0) is 15.3. The molecule has 0 spiro atoms. The summed E-state index contributed by atoms with van der Waals surface area (Å²) < 4.78 is 2.87. The van der Waals surface area contributed by atoms with Gasteiger partial charge in [-0.05, 0) is 52.8 Å². The smallest absolute Gasteiger partial charge is 0.214 e. The van der Waals surface area contributed by atoms with Crippen LogP contribution in [0.15, 0.2) is 11.3 Å². The average Bonchev–Trinajstić information content (AvgIpc) is 3.15. The second-order valence-corrected chi connectivity index (χ2v) is 7.94. The van der Waals surface area contributed by atoms with E-state index in [0.717, 1.165) is 33.3 Å². The molecule has 1 aliphatic heterocycles. The van der Waals surface area contributed by atoms with Crippen molar-refractivity contribution in [1.29, 1.82) is 0 Å². The largest absolute Gasteiger partial charge is 0.393 e. The summed E-state index contributed by atoms with van der Waals surface area (Å²) in [5.74, 6) is 0.893. The van der Waals surface area contributed by atoms with Gasteiger partial charge in [0.2, 0.25) is 10.1 Å². The number of fused-ring (bicyclic) bond motifs is 2. The summed E-state index contributed by atoms with van der Waals surface area (Å²) >= 11 is 3.81. The molecule has 10 heteroatoms. The Kier molecular flexibility index (Phi) is 3.63. The first kappa shape index (κ1) is 14.5. The molecule has 0 amide bonds. The number of rotatable bonds is 2. The zero-order valence-electron chi connectivity index (χ0n) is 11.6. The molecule has 116 valence electrons. The maximum Gasteiger partial charge on any atom is 0.214 e. The Bertz CT molecular complexity index is 754. The molecule has 2 aromatic heterocycles. The van der Waals surface area contributed by atoms with E-state index in [4.69, 9.17) is 5.53 Å². The number of hydrogen-bond donors (Lipinski definition) is 1. The van der Waals surface area contributed by atoms with Gasteiger partial charge in [0.15, 0.2) is 0 Å². The van der Waals surface area contributed by atoms with E-state index in [1.807, 2.05) is 10.7 Å². The summed E-state index contributed by atoms with van der Waals surface area (Å²) in [5, 5.41) is 19.5. The third-order valence-corrected chi connectivity index (χ3v) is 6.33. The third kappa shape index (κ3) is 2.34. The van der Waals surface area contributed by atoms with E-state index in [1.165, 1.54) is 0 Å². The lowest BCUT2D eigenvalue weighted by Crippen LogP contribution is -2.37. The van der Waals surface area contributed by atoms with Gasteiger partial charge in [-0.3, -0.25) is 0 Å². The second kappa shape index (κ2) is 5.52. The zero-order valence-corrected chi connectivity index (χ0v) is 14.6. The molecule has 2 aromatic rings. The van der Waals surface area contributed by atoms with Gasteiger partial charge in [-0.2, -0.15) is 4.52 Å². The van der Waals surface area contributed by atoms with Crippen molar-refractivity contribution in [1.82, 2.24) is 14.6 Å². The molecule has 4 atom stereocenters. The van der Waals surface area contributed by atoms with Crippen LogP contribution >= 0.6 is 33.9 Å². The Hall–Kier alpha value is -1.10. The summed E-state index contributed by atoms with van der Waals surface area (Å²) in [5.41, 5.74) is 8.61. The maximum atomic E-state index is 10.1. The van der Waals surface area contributed by atoms with E-state index in [-0.39, 0.29) is 6.04 Å². The van der Waals surface area contributed by atoms with Gasteiger partial charge in [0.25, 0.3) is 0 Å². The Labute approximate surface area is 143 Å². The first-order valence-electron chi connectivity index (χ1n) is 7.13. The fourth-order valence-electron chi connectivity index (χ4n) is 3.54. The number of aromatic nitrogens is 3. The minimum Gasteiger partial charge on any atom is -0.393 e. The number of anilines is 1. The number of aliphatic hydroxyl groups excluding tert-OH is 1. The van der Waals surface area contributed by atoms with Crippen LogP contribution in [0, 0.1) is 15.5 Å². The number of halogens is 1. The highest BCUT2D eigenvalue weighted by molar-refractivity contribution is 14.1. The fourth-order valence-corrected chi connectivity index (χ4v) is 5.07. The molecular weight excluding hydrogens is 417 g/mol. The van der Waals surface area contributed by atoms with Crippen molar-refractivity contribution in [2.45, 2.75) is 25.0 Å². The Morgan fingerprint density at radius 1 is 1.41 bits per heavy atom. The Morgan fingerprint density at radius 3 is 2.91 bits per heavy atom. The number of aliphatic hydroxyl groups is 1. The van der Waals surface area contributed by atoms with E-state index in [0.29, 0.717) is 18.3 Å². The minimum atomic E-state index is -0.522. The van der Waals surface area contributed by atoms with Crippen LogP contribution in [-0.4, -0.2) is 44.9 Å². The quantitative estimate of drug-likeness (QED) is 0.341. The van der Waals surface area contributed by atoms with E-state index in [9.17, 15) is 5.11 Å². The number of nitrogens with zero attached hydrogens (tertiary/aromatic N) is 7. The van der Waals surface area contributed by atoms with Gasteiger partial charge in [0.05, 0.1) is 18.3 Å². The number of imidazole rings is 1. The van der Waals surface area contributed by atoms with Crippen molar-refractivity contribution < 1.29 is 5.11 Å². The molecule has 2 aliphatic rings. The molecule has 8 nitrogen and oxygen atoms in total. The van der Waals surface area contributed by atoms with Gasteiger partial charge in [-0.1, -0.05) is 16.5 Å². The normalized spacial score (nSPS) is 31.3. The predicted octanol–water partition coefficient (Wildman–Crippen LogP) is 2.28. The number of hydrogen-bond acceptors (Lipinski definition) is 6. The standard InChI is InChI=1S/C12H14IN7OS/c13-10-3-15-11-20(10)17-12(22-11)19-4-6-1-8(16-18-14)9(21)2-7(6)5-19/h3,6-9,21H,1-2,4-5H2/t6-,7+,8-,9-/m0/s1. The molecule has 0 aromatic carbocycles. The highest BCUT2D eigenvalue weighted by Gasteiger charge is 2.42. The molecule has 4 rings (SSSR count). The van der Waals surface area contributed by atoms with Gasteiger partial charge in [-0.25, -0.2) is 4.98 Å². The third-order valence-electron chi connectivity index (χ3n) is 4.61. The van der Waals surface area contributed by atoms with Crippen molar-refractivity contribution in [2.75, 3.05) is 18.0 Å². The molecule has 1 aliphatic carbocycles. The molecule has 0 radical (unpaired) electrons. The van der Waals surface area contributed by atoms with E-state index >= 15 is 0 Å². The Morgan fingerprint density at radius 2 is 2.18 bits per heavy atom. The molecular formula is C12H14IN7OS. The van der Waals surface area contributed by atoms with Crippen LogP contribution in [0.4, 0.5) is 5.13 Å². The van der Waals surface area contributed by atoms with Crippen LogP contribution in [0.1, 0.15) is 12.8 Å². The van der Waals surface area contributed by atoms with Gasteiger partial charge in [-0.15, -0.1) is 5.10 Å². The van der Waals surface area contributed by atoms with Gasteiger partial charge < -0.3 is 10.0 Å². The van der Waals surface area contributed by atoms with Crippen LogP contribution in [0.2, 0.25) is 0 Å². The predicted molar refractivity (Wildman–Crippen MR) is 90.9 cm³/mol. The molecule has 3 heterocycles. The highest BCUT2D eigenvalue weighted by Crippen LogP contribution is 2.40. The topological polar surface area (TPSA) is 102 Å². The van der Waals surface area contributed by atoms with Crippen molar-refractivity contribution >= 4 is 44.0 Å². The molecule has 0 unspecified atom stereocenters. The summed E-state index contributed by atoms with van der Waals surface area (Å²) in [6.07, 6.45) is 2.75. The first-order valence-corrected chi connectivity index (χ1v) is 9.02. The van der Waals surface area contributed by atoms with Crippen LogP contribution in [0.25, 0.3) is 15.4 Å². The lowest BCUT2D eigenvalue weighted by Gasteiger charge is -2.32. The molecule has 22 heavy (non-hydrogen) atoms. The van der Waals surface area contributed by atoms with E-state index in [1.54, 1.807) is 11.3 Å². The SMILES string of the molecule is [N-]=[N+]=N[C@H]1C[C@H]2CN(c3nn4c(I)cnc4s3)C[C@H]2C[C@@H]1O. The molecule has 0 bridgehead atoms. The van der Waals surface area contributed by atoms with E-state index in [2.05, 4.69) is 47.6 Å². The second-order valence-electron chi connectivity index (χ2n) is 5.90. The van der Waals surface area contributed by atoms with Gasteiger partial charge in [0.1, 0.15) is 3.70 Å². The summed E-state index contributed by atoms with van der Waals surface area (Å²) in [6, 6.07) is -0.291. The van der Waals surface area contributed by atoms with Crippen molar-refractivity contribution in [3.63, 3.8) is 0 Å². The van der Waals surface area contributed by atoms with Crippen LogP contribution in [0.5, 0.6) is 0 Å². The summed E-state index contributed by atoms with van der Waals surface area (Å²) in [7, 11) is 0. The van der Waals surface area contributed by atoms with E-state index < -0.39 is 6.10 Å². The average molecular weight is 431 g/mol. The maximum absolute atomic E-state index is 10.1. The van der Waals surface area contributed by atoms with Gasteiger partial charge >= 0.3 is 0 Å². The lowest BCUT2D eigenvalue weighted by atomic mass is 9.78. The fraction of sp³-hybridized carbons (Fsp3) is 0.667. The first-order chi connectivity index (χ1) is 10.7. The molecule has 2 fully saturated rings. The van der Waals surface area contributed by atoms with Crippen LogP contribution < -0.4 is 4.90 Å². The van der Waals surface area contributed by atoms with Gasteiger partial charge in [0, 0.05) is 18.0 Å². The lowest BCUT2D eigenvalue weighted by molar-refractivity contribution is 0.0665. The summed E-state index contributed by atoms with van der Waals surface area (Å²) in [4.78, 5) is 10.4. The molecule has 1 saturated heterocycles. The minimum absolute atomic E-state index is 0.291. The monoisotopic (exact) mass is 431 g/mol. The highest BCUT2D eigenvalue weighted by atomic mass is 127. The van der Waals surface area contributed by atoms with Crippen molar-refractivity contribution in [3.05, 3.63) is 20.3 Å². The van der Waals surface area contributed by atoms with Crippen LogP contribution in [-0.2, 0) is 0 Å². The molecule has 1 N–H and O–H groups in total. The van der Waals surface area contributed by atoms with Crippen molar-refractivity contribution in [2.24, 2.45) is 17.0 Å².